The minimum absolute atomic E-state index is 0.266. The maximum Gasteiger partial charge on any atom is 0.154 e. The third-order valence-electron chi connectivity index (χ3n) is 3.88. The Bertz CT molecular complexity index is 1130. The molecule has 0 saturated heterocycles. The van der Waals surface area contributed by atoms with Gasteiger partial charge >= 0.3 is 0 Å². The zero-order chi connectivity index (χ0) is 18.1. The summed E-state index contributed by atoms with van der Waals surface area (Å²) in [5.41, 5.74) is 10.2. The first-order valence-electron chi connectivity index (χ1n) is 7.88. The smallest absolute Gasteiger partial charge is 0.154 e. The van der Waals surface area contributed by atoms with E-state index in [2.05, 4.69) is 15.1 Å². The molecule has 3 aromatic heterocycles. The third-order valence-corrected chi connectivity index (χ3v) is 4.97. The van der Waals surface area contributed by atoms with E-state index in [1.165, 1.54) is 11.3 Å². The molecule has 0 spiro atoms. The summed E-state index contributed by atoms with van der Waals surface area (Å²) in [6, 6.07) is 13.5. The first-order valence-corrected chi connectivity index (χ1v) is 8.70. The van der Waals surface area contributed by atoms with Gasteiger partial charge in [0.25, 0.3) is 0 Å². The summed E-state index contributed by atoms with van der Waals surface area (Å²) in [6.45, 7) is 1.93. The van der Waals surface area contributed by atoms with Crippen molar-refractivity contribution in [1.82, 2.24) is 19.6 Å². The van der Waals surface area contributed by atoms with Crippen molar-refractivity contribution in [1.29, 1.82) is 5.41 Å². The van der Waals surface area contributed by atoms with E-state index in [0.717, 1.165) is 44.5 Å². The van der Waals surface area contributed by atoms with Crippen molar-refractivity contribution in [2.75, 3.05) is 0 Å². The van der Waals surface area contributed by atoms with E-state index in [9.17, 15) is 0 Å². The molecule has 8 heteroatoms. The number of nitrogens with zero attached hydrogens (tertiary/aromatic N) is 5. The summed E-state index contributed by atoms with van der Waals surface area (Å²) in [4.78, 5) is 14.0. The number of thiazole rings is 1. The number of nitrogens with one attached hydrogen (secondary N) is 1. The van der Waals surface area contributed by atoms with Crippen molar-refractivity contribution in [2.24, 2.45) is 10.7 Å². The number of rotatable bonds is 4. The average molecular weight is 361 g/mol. The fourth-order valence-electron chi connectivity index (χ4n) is 2.76. The van der Waals surface area contributed by atoms with Crippen LogP contribution in [-0.2, 0) is 0 Å². The van der Waals surface area contributed by atoms with Crippen molar-refractivity contribution >= 4 is 29.2 Å². The number of hydrogen-bond donors (Lipinski definition) is 2. The SMILES string of the molecule is Cc1nc2cccnn2c1-c1nc(-c2ccccc2)c(C(N)=NC=N)s1. The highest BCUT2D eigenvalue weighted by molar-refractivity contribution is 7.17. The molecule has 0 aliphatic carbocycles. The molecule has 4 aromatic rings. The van der Waals surface area contributed by atoms with Crippen LogP contribution in [0, 0.1) is 12.3 Å². The van der Waals surface area contributed by atoms with Gasteiger partial charge in [-0.2, -0.15) is 5.10 Å². The third kappa shape index (κ3) is 2.66. The summed E-state index contributed by atoms with van der Waals surface area (Å²) in [6.07, 6.45) is 2.65. The molecule has 4 rings (SSSR count). The Labute approximate surface area is 153 Å². The highest BCUT2D eigenvalue weighted by Crippen LogP contribution is 2.35. The second-order valence-electron chi connectivity index (χ2n) is 5.55. The van der Waals surface area contributed by atoms with Gasteiger partial charge in [-0.25, -0.2) is 19.5 Å². The fraction of sp³-hybridized carbons (Fsp3) is 0.0556. The molecule has 0 bridgehead atoms. The van der Waals surface area contributed by atoms with Gasteiger partial charge in [0, 0.05) is 11.8 Å². The standard InChI is InChI=1S/C18H15N7S/c1-11-15(25-13(23-11)8-5-9-22-25)18-24-14(12-6-3-2-4-7-12)16(26-18)17(20)21-10-19/h2-10H,1H3,(H3,19,20,21). The molecule has 0 atom stereocenters. The lowest BCUT2D eigenvalue weighted by Crippen LogP contribution is -2.12. The van der Waals surface area contributed by atoms with E-state index < -0.39 is 0 Å². The van der Waals surface area contributed by atoms with E-state index >= 15 is 0 Å². The van der Waals surface area contributed by atoms with Crippen LogP contribution >= 0.6 is 11.3 Å². The highest BCUT2D eigenvalue weighted by atomic mass is 32.1. The minimum Gasteiger partial charge on any atom is -0.382 e. The van der Waals surface area contributed by atoms with Crippen LogP contribution in [0.3, 0.4) is 0 Å². The average Bonchev–Trinajstić information content (AvgIpc) is 3.23. The summed E-state index contributed by atoms with van der Waals surface area (Å²) < 4.78 is 1.77. The van der Waals surface area contributed by atoms with Crippen LogP contribution in [0.4, 0.5) is 0 Å². The highest BCUT2D eigenvalue weighted by Gasteiger charge is 2.21. The Morgan fingerprint density at radius 2 is 2.00 bits per heavy atom. The topological polar surface area (TPSA) is 105 Å². The molecule has 0 fully saturated rings. The first-order chi connectivity index (χ1) is 12.7. The lowest BCUT2D eigenvalue weighted by atomic mass is 10.1. The molecule has 0 saturated carbocycles. The predicted molar refractivity (Wildman–Crippen MR) is 104 cm³/mol. The number of aryl methyl sites for hydroxylation is 1. The Morgan fingerprint density at radius 1 is 1.19 bits per heavy atom. The molecule has 128 valence electrons. The molecule has 3 heterocycles. The Balaban J connectivity index is 1.97. The van der Waals surface area contributed by atoms with Crippen molar-refractivity contribution in [2.45, 2.75) is 6.92 Å². The fourth-order valence-corrected chi connectivity index (χ4v) is 3.84. The van der Waals surface area contributed by atoms with Crippen LogP contribution < -0.4 is 5.73 Å². The number of aromatic nitrogens is 4. The molecule has 0 unspecified atom stereocenters. The molecule has 0 aliphatic rings. The Kier molecular flexibility index (Phi) is 4.02. The van der Waals surface area contributed by atoms with Gasteiger partial charge in [0.2, 0.25) is 0 Å². The molecule has 7 nitrogen and oxygen atoms in total. The van der Waals surface area contributed by atoms with Gasteiger partial charge in [0.15, 0.2) is 5.65 Å². The van der Waals surface area contributed by atoms with E-state index in [4.69, 9.17) is 16.1 Å². The molecule has 26 heavy (non-hydrogen) atoms. The van der Waals surface area contributed by atoms with E-state index in [1.807, 2.05) is 49.4 Å². The number of benzene rings is 1. The number of amidine groups is 1. The number of hydrogen-bond acceptors (Lipinski definition) is 5. The van der Waals surface area contributed by atoms with Crippen LogP contribution in [0.1, 0.15) is 10.6 Å². The number of imidazole rings is 1. The van der Waals surface area contributed by atoms with Crippen LogP contribution in [0.25, 0.3) is 27.6 Å². The second kappa shape index (κ2) is 6.49. The second-order valence-corrected chi connectivity index (χ2v) is 6.54. The summed E-state index contributed by atoms with van der Waals surface area (Å²) in [7, 11) is 0. The summed E-state index contributed by atoms with van der Waals surface area (Å²) in [5, 5.41) is 12.4. The van der Waals surface area contributed by atoms with Crippen LogP contribution in [0.15, 0.2) is 53.7 Å². The van der Waals surface area contributed by atoms with Gasteiger partial charge in [0.05, 0.1) is 16.3 Å². The van der Waals surface area contributed by atoms with Crippen molar-refractivity contribution in [3.63, 3.8) is 0 Å². The predicted octanol–water partition coefficient (Wildman–Crippen LogP) is 3.14. The molecule has 0 radical (unpaired) electrons. The molecular formula is C18H15N7S. The van der Waals surface area contributed by atoms with Gasteiger partial charge in [-0.15, -0.1) is 11.3 Å². The monoisotopic (exact) mass is 361 g/mol. The molecule has 1 aromatic carbocycles. The number of aliphatic imine (C=N–C) groups is 1. The summed E-state index contributed by atoms with van der Waals surface area (Å²) >= 11 is 1.42. The zero-order valence-corrected chi connectivity index (χ0v) is 14.7. The van der Waals surface area contributed by atoms with Gasteiger partial charge in [-0.1, -0.05) is 30.3 Å². The first kappa shape index (κ1) is 16.1. The van der Waals surface area contributed by atoms with E-state index in [1.54, 1.807) is 10.7 Å². The quantitative estimate of drug-likeness (QED) is 0.430. The lowest BCUT2D eigenvalue weighted by Gasteiger charge is -2.00. The molecule has 0 aliphatic heterocycles. The number of fused-ring (bicyclic) bond motifs is 1. The largest absolute Gasteiger partial charge is 0.382 e. The van der Waals surface area contributed by atoms with Gasteiger partial charge in [0.1, 0.15) is 22.9 Å². The van der Waals surface area contributed by atoms with Crippen molar-refractivity contribution in [3.05, 3.63) is 59.2 Å². The maximum absolute atomic E-state index is 7.21. The maximum atomic E-state index is 7.21. The van der Waals surface area contributed by atoms with Crippen molar-refractivity contribution < 1.29 is 0 Å². The summed E-state index contributed by atoms with van der Waals surface area (Å²) in [5.74, 6) is 0.266. The van der Waals surface area contributed by atoms with E-state index in [-0.39, 0.29) is 5.84 Å². The number of nitrogens with two attached hydrogens (primary N) is 1. The Morgan fingerprint density at radius 3 is 2.77 bits per heavy atom. The molecular weight excluding hydrogens is 346 g/mol. The van der Waals surface area contributed by atoms with Crippen LogP contribution in [-0.4, -0.2) is 31.8 Å². The molecule has 0 amide bonds. The van der Waals surface area contributed by atoms with Crippen molar-refractivity contribution in [3.8, 4) is 22.0 Å². The van der Waals surface area contributed by atoms with E-state index in [0.29, 0.717) is 0 Å². The van der Waals surface area contributed by atoms with Gasteiger partial charge in [-0.3, -0.25) is 5.41 Å². The zero-order valence-electron chi connectivity index (χ0n) is 13.9. The minimum atomic E-state index is 0.266. The van der Waals surface area contributed by atoms with Gasteiger partial charge in [-0.05, 0) is 19.1 Å². The van der Waals surface area contributed by atoms with Crippen LogP contribution in [0.2, 0.25) is 0 Å². The Hall–Kier alpha value is -3.39. The molecule has 3 N–H and O–H groups in total. The van der Waals surface area contributed by atoms with Gasteiger partial charge < -0.3 is 5.73 Å². The lowest BCUT2D eigenvalue weighted by molar-refractivity contribution is 0.940. The normalized spacial score (nSPS) is 11.8. The van der Waals surface area contributed by atoms with Crippen LogP contribution in [0.5, 0.6) is 0 Å².